The van der Waals surface area contributed by atoms with Crippen LogP contribution in [0.4, 0.5) is 5.69 Å². The lowest BCUT2D eigenvalue weighted by Crippen LogP contribution is -2.12. The number of aromatic nitrogens is 3. The van der Waals surface area contributed by atoms with Crippen LogP contribution in [0.3, 0.4) is 0 Å². The van der Waals surface area contributed by atoms with Gasteiger partial charge in [-0.25, -0.2) is 4.98 Å². The molecule has 104 valence electrons. The van der Waals surface area contributed by atoms with Crippen LogP contribution in [0.15, 0.2) is 42.9 Å². The van der Waals surface area contributed by atoms with Gasteiger partial charge in [0.1, 0.15) is 0 Å². The lowest BCUT2D eigenvalue weighted by molar-refractivity contribution is 0.102. The van der Waals surface area contributed by atoms with E-state index in [1.807, 2.05) is 6.92 Å². The van der Waals surface area contributed by atoms with Crippen LogP contribution in [-0.4, -0.2) is 20.9 Å². The third-order valence-corrected chi connectivity index (χ3v) is 3.26. The zero-order chi connectivity index (χ0) is 14.8. The van der Waals surface area contributed by atoms with Crippen LogP contribution < -0.4 is 5.32 Å². The Bertz CT molecular complexity index is 835. The second kappa shape index (κ2) is 5.46. The number of pyridine rings is 1. The number of anilines is 1. The molecule has 2 heterocycles. The third-order valence-electron chi connectivity index (χ3n) is 2.96. The second-order valence-corrected chi connectivity index (χ2v) is 4.92. The minimum Gasteiger partial charge on any atom is -0.319 e. The molecule has 5 nitrogen and oxygen atoms in total. The van der Waals surface area contributed by atoms with E-state index in [1.54, 1.807) is 42.9 Å². The van der Waals surface area contributed by atoms with Crippen molar-refractivity contribution < 1.29 is 4.79 Å². The molecule has 0 unspecified atom stereocenters. The van der Waals surface area contributed by atoms with Crippen molar-refractivity contribution >= 4 is 34.2 Å². The molecule has 1 amide bonds. The minimum atomic E-state index is -0.267. The molecule has 0 fully saturated rings. The smallest absolute Gasteiger partial charge is 0.255 e. The molecule has 2 aromatic heterocycles. The van der Waals surface area contributed by atoms with Gasteiger partial charge in [0.25, 0.3) is 5.91 Å². The van der Waals surface area contributed by atoms with Crippen molar-refractivity contribution in [1.82, 2.24) is 15.0 Å². The monoisotopic (exact) mass is 298 g/mol. The number of amides is 1. The highest BCUT2D eigenvalue weighted by Crippen LogP contribution is 2.21. The molecule has 0 saturated heterocycles. The summed E-state index contributed by atoms with van der Waals surface area (Å²) >= 11 is 5.97. The van der Waals surface area contributed by atoms with E-state index in [1.165, 1.54) is 0 Å². The Morgan fingerprint density at radius 3 is 2.67 bits per heavy atom. The maximum atomic E-state index is 12.3. The summed E-state index contributed by atoms with van der Waals surface area (Å²) in [5, 5.41) is 3.01. The number of carbonyl (C=O) groups excluding carboxylic acids is 1. The van der Waals surface area contributed by atoms with E-state index in [-0.39, 0.29) is 11.1 Å². The van der Waals surface area contributed by atoms with Gasteiger partial charge < -0.3 is 5.32 Å². The number of rotatable bonds is 2. The molecule has 0 radical (unpaired) electrons. The van der Waals surface area contributed by atoms with Crippen LogP contribution in [0, 0.1) is 6.92 Å². The standard InChI is InChI=1S/C15H11ClN4O/c1-9-6-13(14(16)19-8-9)20-15(21)10-2-3-11-12(7-10)18-5-4-17-11/h2-8H,1H3,(H,20,21). The van der Waals surface area contributed by atoms with E-state index in [0.29, 0.717) is 16.8 Å². The van der Waals surface area contributed by atoms with Crippen LogP contribution in [0.5, 0.6) is 0 Å². The highest BCUT2D eigenvalue weighted by molar-refractivity contribution is 6.32. The van der Waals surface area contributed by atoms with Crippen molar-refractivity contribution in [2.75, 3.05) is 5.32 Å². The Labute approximate surface area is 126 Å². The molecule has 6 heteroatoms. The SMILES string of the molecule is Cc1cnc(Cl)c(NC(=O)c2ccc3nccnc3c2)c1. The van der Waals surface area contributed by atoms with Crippen molar-refractivity contribution in [3.05, 3.63) is 59.1 Å². The highest BCUT2D eigenvalue weighted by Gasteiger charge is 2.10. The number of hydrogen-bond donors (Lipinski definition) is 1. The predicted molar refractivity (Wildman–Crippen MR) is 81.5 cm³/mol. The van der Waals surface area contributed by atoms with E-state index < -0.39 is 0 Å². The molecule has 0 bridgehead atoms. The number of fused-ring (bicyclic) bond motifs is 1. The summed E-state index contributed by atoms with van der Waals surface area (Å²) in [5.74, 6) is -0.267. The van der Waals surface area contributed by atoms with Gasteiger partial charge in [-0.3, -0.25) is 14.8 Å². The van der Waals surface area contributed by atoms with Gasteiger partial charge in [-0.2, -0.15) is 0 Å². The van der Waals surface area contributed by atoms with Crippen molar-refractivity contribution in [3.63, 3.8) is 0 Å². The topological polar surface area (TPSA) is 67.8 Å². The minimum absolute atomic E-state index is 0.259. The maximum absolute atomic E-state index is 12.3. The van der Waals surface area contributed by atoms with E-state index in [2.05, 4.69) is 20.3 Å². The fourth-order valence-electron chi connectivity index (χ4n) is 1.94. The normalized spacial score (nSPS) is 10.6. The molecule has 1 N–H and O–H groups in total. The Balaban J connectivity index is 1.91. The molecular formula is C15H11ClN4O. The third kappa shape index (κ3) is 2.83. The largest absolute Gasteiger partial charge is 0.319 e. The number of nitrogens with zero attached hydrogens (tertiary/aromatic N) is 3. The van der Waals surface area contributed by atoms with Gasteiger partial charge in [0.05, 0.1) is 16.7 Å². The van der Waals surface area contributed by atoms with E-state index in [9.17, 15) is 4.79 Å². The summed E-state index contributed by atoms with van der Waals surface area (Å²) in [6.07, 6.45) is 4.84. The molecule has 1 aromatic carbocycles. The Morgan fingerprint density at radius 2 is 1.86 bits per heavy atom. The lowest BCUT2D eigenvalue weighted by atomic mass is 10.1. The van der Waals surface area contributed by atoms with Gasteiger partial charge in [-0.15, -0.1) is 0 Å². The van der Waals surface area contributed by atoms with Gasteiger partial charge in [-0.05, 0) is 36.8 Å². The molecule has 0 spiro atoms. The summed E-state index contributed by atoms with van der Waals surface area (Å²) < 4.78 is 0. The summed E-state index contributed by atoms with van der Waals surface area (Å²) in [6, 6.07) is 6.92. The molecule has 21 heavy (non-hydrogen) atoms. The molecular weight excluding hydrogens is 288 g/mol. The lowest BCUT2D eigenvalue weighted by Gasteiger charge is -2.08. The molecule has 0 aliphatic carbocycles. The molecule has 3 aromatic rings. The highest BCUT2D eigenvalue weighted by atomic mass is 35.5. The van der Waals surface area contributed by atoms with Crippen molar-refractivity contribution in [2.45, 2.75) is 6.92 Å². The first-order valence-electron chi connectivity index (χ1n) is 6.28. The molecule has 3 rings (SSSR count). The predicted octanol–water partition coefficient (Wildman–Crippen LogP) is 3.24. The zero-order valence-electron chi connectivity index (χ0n) is 11.2. The number of halogens is 1. The summed E-state index contributed by atoms with van der Waals surface area (Å²) in [7, 11) is 0. The van der Waals surface area contributed by atoms with Gasteiger partial charge in [-0.1, -0.05) is 11.6 Å². The average Bonchev–Trinajstić information content (AvgIpc) is 2.50. The second-order valence-electron chi connectivity index (χ2n) is 4.56. The Hall–Kier alpha value is -2.53. The molecule has 0 saturated carbocycles. The number of benzene rings is 1. The van der Waals surface area contributed by atoms with Crippen LogP contribution in [-0.2, 0) is 0 Å². The molecule has 0 aliphatic heterocycles. The van der Waals surface area contributed by atoms with Crippen molar-refractivity contribution in [1.29, 1.82) is 0 Å². The number of nitrogens with one attached hydrogen (secondary N) is 1. The zero-order valence-corrected chi connectivity index (χ0v) is 11.9. The van der Waals surface area contributed by atoms with E-state index in [0.717, 1.165) is 11.1 Å². The molecule has 0 aliphatic rings. The first-order chi connectivity index (χ1) is 10.1. The summed E-state index contributed by atoms with van der Waals surface area (Å²) in [5.41, 5.74) is 3.29. The van der Waals surface area contributed by atoms with Crippen LogP contribution in [0.1, 0.15) is 15.9 Å². The van der Waals surface area contributed by atoms with Gasteiger partial charge in [0.15, 0.2) is 5.15 Å². The first-order valence-corrected chi connectivity index (χ1v) is 6.65. The Morgan fingerprint density at radius 1 is 1.10 bits per heavy atom. The number of carbonyl (C=O) groups is 1. The number of hydrogen-bond acceptors (Lipinski definition) is 4. The van der Waals surface area contributed by atoms with Crippen LogP contribution >= 0.6 is 11.6 Å². The number of aryl methyl sites for hydroxylation is 1. The van der Waals surface area contributed by atoms with Gasteiger partial charge in [0.2, 0.25) is 0 Å². The van der Waals surface area contributed by atoms with Gasteiger partial charge in [0, 0.05) is 24.2 Å². The fourth-order valence-corrected chi connectivity index (χ4v) is 2.09. The quantitative estimate of drug-likeness (QED) is 0.738. The average molecular weight is 299 g/mol. The maximum Gasteiger partial charge on any atom is 0.255 e. The van der Waals surface area contributed by atoms with Crippen LogP contribution in [0.2, 0.25) is 5.15 Å². The fraction of sp³-hybridized carbons (Fsp3) is 0.0667. The summed E-state index contributed by atoms with van der Waals surface area (Å²) in [4.78, 5) is 24.6. The van der Waals surface area contributed by atoms with Crippen molar-refractivity contribution in [3.8, 4) is 0 Å². The van der Waals surface area contributed by atoms with Crippen LogP contribution in [0.25, 0.3) is 11.0 Å². The van der Waals surface area contributed by atoms with E-state index in [4.69, 9.17) is 11.6 Å². The first kappa shape index (κ1) is 13.5. The van der Waals surface area contributed by atoms with Crippen molar-refractivity contribution in [2.24, 2.45) is 0 Å². The molecule has 0 atom stereocenters. The van der Waals surface area contributed by atoms with Gasteiger partial charge >= 0.3 is 0 Å². The van der Waals surface area contributed by atoms with E-state index >= 15 is 0 Å². The Kier molecular flexibility index (Phi) is 3.50. The summed E-state index contributed by atoms with van der Waals surface area (Å²) in [6.45, 7) is 1.88.